The number of benzene rings is 1. The number of carbonyl (C=O) groups is 2. The van der Waals surface area contributed by atoms with Crippen molar-refractivity contribution in [3.63, 3.8) is 0 Å². The Morgan fingerprint density at radius 2 is 1.79 bits per heavy atom. The van der Waals surface area contributed by atoms with Crippen molar-refractivity contribution in [1.29, 1.82) is 0 Å². The molecule has 10 heteroatoms. The Balaban J connectivity index is 1.78. The number of hydrogen-bond acceptors (Lipinski definition) is 6. The molecule has 1 N–H and O–H groups in total. The molecule has 1 saturated heterocycles. The first-order chi connectivity index (χ1) is 15.9. The Morgan fingerprint density at radius 1 is 1.15 bits per heavy atom. The molecular formula is C24H34N4O5S. The smallest absolute Gasteiger partial charge is 0.338 e. The van der Waals surface area contributed by atoms with Crippen LogP contribution in [0.3, 0.4) is 0 Å². The van der Waals surface area contributed by atoms with Crippen molar-refractivity contribution in [3.05, 3.63) is 41.1 Å². The molecule has 0 spiro atoms. The van der Waals surface area contributed by atoms with Crippen molar-refractivity contribution in [2.45, 2.75) is 71.4 Å². The fourth-order valence-corrected chi connectivity index (χ4v) is 5.71. The van der Waals surface area contributed by atoms with E-state index in [1.165, 1.54) is 17.3 Å². The Labute approximate surface area is 201 Å². The van der Waals surface area contributed by atoms with Gasteiger partial charge in [0.15, 0.2) is 6.10 Å². The summed E-state index contributed by atoms with van der Waals surface area (Å²) in [6.07, 6.45) is 2.10. The number of carbonyl (C=O) groups excluding carboxylic acids is 2. The van der Waals surface area contributed by atoms with E-state index in [1.807, 2.05) is 13.8 Å². The number of sulfonamides is 1. The SMILES string of the molecule is Cc1cc(C(=O)OC(C)C(=O)Nc2ccnn2C(C)C)cc(S(=O)(=O)N2CCC(C)CC2)c1C. The maximum atomic E-state index is 13.3. The van der Waals surface area contributed by atoms with Crippen LogP contribution in [0.2, 0.25) is 0 Å². The molecule has 1 unspecified atom stereocenters. The first kappa shape index (κ1) is 25.9. The highest BCUT2D eigenvalue weighted by atomic mass is 32.2. The molecule has 9 nitrogen and oxygen atoms in total. The molecule has 1 aliphatic heterocycles. The molecule has 3 rings (SSSR count). The first-order valence-corrected chi connectivity index (χ1v) is 13.0. The van der Waals surface area contributed by atoms with E-state index in [2.05, 4.69) is 17.3 Å². The second-order valence-electron chi connectivity index (χ2n) is 9.29. The van der Waals surface area contributed by atoms with Crippen molar-refractivity contribution in [2.24, 2.45) is 5.92 Å². The van der Waals surface area contributed by atoms with Gasteiger partial charge < -0.3 is 10.1 Å². The van der Waals surface area contributed by atoms with Crippen molar-refractivity contribution < 1.29 is 22.7 Å². The molecule has 0 aliphatic carbocycles. The fraction of sp³-hybridized carbons (Fsp3) is 0.542. The normalized spacial score (nSPS) is 16.4. The van der Waals surface area contributed by atoms with Gasteiger partial charge in [-0.2, -0.15) is 9.40 Å². The molecule has 1 aliphatic rings. The number of rotatable bonds is 7. The molecule has 1 aromatic carbocycles. The minimum Gasteiger partial charge on any atom is -0.449 e. The molecule has 0 saturated carbocycles. The summed E-state index contributed by atoms with van der Waals surface area (Å²) >= 11 is 0. The number of esters is 1. The van der Waals surface area contributed by atoms with Crippen LogP contribution < -0.4 is 5.32 Å². The second kappa shape index (κ2) is 10.3. The summed E-state index contributed by atoms with van der Waals surface area (Å²) in [6, 6.07) is 4.65. The number of aromatic nitrogens is 2. The van der Waals surface area contributed by atoms with Gasteiger partial charge in [0.05, 0.1) is 16.7 Å². The zero-order valence-corrected chi connectivity index (χ0v) is 21.5. The van der Waals surface area contributed by atoms with Crippen LogP contribution in [0.1, 0.15) is 68.1 Å². The monoisotopic (exact) mass is 490 g/mol. The number of hydrogen-bond donors (Lipinski definition) is 1. The quantitative estimate of drug-likeness (QED) is 0.593. The third-order valence-corrected chi connectivity index (χ3v) is 8.30. The van der Waals surface area contributed by atoms with E-state index in [1.54, 1.807) is 36.9 Å². The topological polar surface area (TPSA) is 111 Å². The number of aryl methyl sites for hydroxylation is 1. The molecule has 34 heavy (non-hydrogen) atoms. The number of piperidine rings is 1. The Morgan fingerprint density at radius 3 is 2.41 bits per heavy atom. The standard InChI is InChI=1S/C24H34N4O5S/c1-15(2)28-22(7-10-25-28)26-23(29)19(6)33-24(30)20-13-17(4)18(5)21(14-20)34(31,32)27-11-8-16(3)9-12-27/h7,10,13-16,19H,8-9,11-12H2,1-6H3,(H,26,29). The molecular weight excluding hydrogens is 456 g/mol. The minimum atomic E-state index is -3.75. The molecule has 1 atom stereocenters. The number of ether oxygens (including phenoxy) is 1. The average molecular weight is 491 g/mol. The van der Waals surface area contributed by atoms with Crippen LogP contribution in [0.25, 0.3) is 0 Å². The summed E-state index contributed by atoms with van der Waals surface area (Å²) in [5, 5.41) is 6.88. The van der Waals surface area contributed by atoms with Gasteiger partial charge in [-0.1, -0.05) is 6.92 Å². The summed E-state index contributed by atoms with van der Waals surface area (Å²) < 4.78 is 35.2. The van der Waals surface area contributed by atoms with Crippen molar-refractivity contribution in [3.8, 4) is 0 Å². The highest BCUT2D eigenvalue weighted by molar-refractivity contribution is 7.89. The maximum absolute atomic E-state index is 13.3. The molecule has 2 heterocycles. The van der Waals surface area contributed by atoms with Gasteiger partial charge in [0.1, 0.15) is 5.82 Å². The van der Waals surface area contributed by atoms with Crippen molar-refractivity contribution >= 4 is 27.7 Å². The predicted molar refractivity (Wildman–Crippen MR) is 129 cm³/mol. The third kappa shape index (κ3) is 5.50. The number of nitrogens with zero attached hydrogens (tertiary/aromatic N) is 3. The minimum absolute atomic E-state index is 0.0437. The van der Waals surface area contributed by atoms with Crippen LogP contribution in [0, 0.1) is 19.8 Å². The predicted octanol–water partition coefficient (Wildman–Crippen LogP) is 3.69. The Hall–Kier alpha value is -2.72. The molecule has 1 amide bonds. The van der Waals surface area contributed by atoms with E-state index in [9.17, 15) is 18.0 Å². The van der Waals surface area contributed by atoms with Crippen LogP contribution in [0.5, 0.6) is 0 Å². The average Bonchev–Trinajstić information content (AvgIpc) is 3.24. The number of nitrogens with one attached hydrogen (secondary N) is 1. The van der Waals surface area contributed by atoms with E-state index in [0.717, 1.165) is 12.8 Å². The highest BCUT2D eigenvalue weighted by Gasteiger charge is 2.31. The summed E-state index contributed by atoms with van der Waals surface area (Å²) in [5.41, 5.74) is 1.36. The molecule has 0 radical (unpaired) electrons. The second-order valence-corrected chi connectivity index (χ2v) is 11.2. The van der Waals surface area contributed by atoms with Crippen LogP contribution >= 0.6 is 0 Å². The molecule has 2 aromatic rings. The van der Waals surface area contributed by atoms with Gasteiger partial charge in [-0.05, 0) is 76.6 Å². The summed E-state index contributed by atoms with van der Waals surface area (Å²) in [6.45, 7) is 11.9. The number of anilines is 1. The lowest BCUT2D eigenvalue weighted by atomic mass is 10.0. The van der Waals surface area contributed by atoms with Crippen LogP contribution in [-0.2, 0) is 19.6 Å². The zero-order valence-electron chi connectivity index (χ0n) is 20.7. The number of amides is 1. The highest BCUT2D eigenvalue weighted by Crippen LogP contribution is 2.28. The Bertz CT molecular complexity index is 1160. The molecule has 1 aromatic heterocycles. The van der Waals surface area contributed by atoms with Crippen LogP contribution in [-0.4, -0.2) is 53.6 Å². The lowest BCUT2D eigenvalue weighted by Gasteiger charge is -2.30. The summed E-state index contributed by atoms with van der Waals surface area (Å²) in [4.78, 5) is 25.6. The lowest BCUT2D eigenvalue weighted by molar-refractivity contribution is -0.123. The zero-order chi connectivity index (χ0) is 25.2. The van der Waals surface area contributed by atoms with E-state index in [-0.39, 0.29) is 16.5 Å². The van der Waals surface area contributed by atoms with E-state index >= 15 is 0 Å². The van der Waals surface area contributed by atoms with Gasteiger partial charge in [0.2, 0.25) is 10.0 Å². The van der Waals surface area contributed by atoms with Gasteiger partial charge in [-0.25, -0.2) is 17.9 Å². The first-order valence-electron chi connectivity index (χ1n) is 11.6. The van der Waals surface area contributed by atoms with Gasteiger partial charge >= 0.3 is 5.97 Å². The van der Waals surface area contributed by atoms with Gasteiger partial charge in [0.25, 0.3) is 5.91 Å². The van der Waals surface area contributed by atoms with Crippen LogP contribution in [0.15, 0.2) is 29.3 Å². The Kier molecular flexibility index (Phi) is 7.82. The molecule has 1 fully saturated rings. The van der Waals surface area contributed by atoms with E-state index in [0.29, 0.717) is 36.0 Å². The maximum Gasteiger partial charge on any atom is 0.338 e. The van der Waals surface area contributed by atoms with E-state index < -0.39 is 28.0 Å². The van der Waals surface area contributed by atoms with E-state index in [4.69, 9.17) is 4.74 Å². The lowest BCUT2D eigenvalue weighted by Crippen LogP contribution is -2.38. The largest absolute Gasteiger partial charge is 0.449 e. The molecule has 186 valence electrons. The van der Waals surface area contributed by atoms with Crippen LogP contribution in [0.4, 0.5) is 5.82 Å². The van der Waals surface area contributed by atoms with Crippen molar-refractivity contribution in [2.75, 3.05) is 18.4 Å². The third-order valence-electron chi connectivity index (χ3n) is 6.28. The fourth-order valence-electron chi connectivity index (χ4n) is 3.91. The summed E-state index contributed by atoms with van der Waals surface area (Å²) in [7, 11) is -3.75. The van der Waals surface area contributed by atoms with Crippen molar-refractivity contribution in [1.82, 2.24) is 14.1 Å². The summed E-state index contributed by atoms with van der Waals surface area (Å²) in [5.74, 6) is -0.276. The van der Waals surface area contributed by atoms with Gasteiger partial charge in [0, 0.05) is 25.2 Å². The molecule has 0 bridgehead atoms. The van der Waals surface area contributed by atoms with Gasteiger partial charge in [-0.15, -0.1) is 0 Å². The van der Waals surface area contributed by atoms with Gasteiger partial charge in [-0.3, -0.25) is 4.79 Å².